The molecule has 142 valence electrons. The molecule has 0 aromatic carbocycles. The Morgan fingerprint density at radius 3 is 2.85 bits per heavy atom. The van der Waals surface area contributed by atoms with Gasteiger partial charge in [-0.05, 0) is 62.1 Å². The molecule has 3 aliphatic heterocycles. The molecule has 6 rings (SSSR count). The van der Waals surface area contributed by atoms with Gasteiger partial charge in [-0.3, -0.25) is 14.7 Å². The van der Waals surface area contributed by atoms with Gasteiger partial charge in [-0.1, -0.05) is 5.16 Å². The van der Waals surface area contributed by atoms with Crippen LogP contribution in [0, 0.1) is 5.92 Å². The van der Waals surface area contributed by atoms with Gasteiger partial charge in [-0.2, -0.15) is 0 Å². The van der Waals surface area contributed by atoms with Crippen LogP contribution in [0.2, 0.25) is 0 Å². The van der Waals surface area contributed by atoms with Gasteiger partial charge >= 0.3 is 0 Å². The summed E-state index contributed by atoms with van der Waals surface area (Å²) in [6, 6.07) is 4.43. The fourth-order valence-electron chi connectivity index (χ4n) is 4.99. The second-order valence-corrected chi connectivity index (χ2v) is 8.25. The molecule has 0 spiro atoms. The van der Waals surface area contributed by atoms with Crippen LogP contribution in [0.4, 0.5) is 0 Å². The monoisotopic (exact) mass is 366 g/mol. The number of hydrogen-bond donors (Lipinski definition) is 0. The first-order valence-corrected chi connectivity index (χ1v) is 10.2. The average molecular weight is 366 g/mol. The minimum atomic E-state index is 0.0612. The van der Waals surface area contributed by atoms with Crippen LogP contribution in [0.5, 0.6) is 0 Å². The SMILES string of the molecule is O=C(c1onc2c1CCCC2)N1CC2CCC1CN(Cc1ccncc1)C2. The lowest BCUT2D eigenvalue weighted by molar-refractivity contribution is 0.0541. The van der Waals surface area contributed by atoms with Gasteiger partial charge in [0.25, 0.3) is 5.91 Å². The van der Waals surface area contributed by atoms with E-state index in [4.69, 9.17) is 4.52 Å². The molecule has 5 heterocycles. The van der Waals surface area contributed by atoms with Gasteiger partial charge in [0.2, 0.25) is 5.76 Å². The smallest absolute Gasteiger partial charge is 0.293 e. The number of carbonyl (C=O) groups excluding carboxylic acids is 1. The largest absolute Gasteiger partial charge is 0.350 e. The fourth-order valence-corrected chi connectivity index (χ4v) is 4.99. The van der Waals surface area contributed by atoms with Gasteiger partial charge in [0.1, 0.15) is 0 Å². The van der Waals surface area contributed by atoms with E-state index < -0.39 is 0 Å². The Bertz CT molecular complexity index is 819. The molecule has 0 radical (unpaired) electrons. The minimum Gasteiger partial charge on any atom is -0.350 e. The summed E-state index contributed by atoms with van der Waals surface area (Å²) in [5, 5.41) is 4.19. The Morgan fingerprint density at radius 2 is 1.96 bits per heavy atom. The summed E-state index contributed by atoms with van der Waals surface area (Å²) >= 11 is 0. The Kier molecular flexibility index (Phi) is 4.44. The van der Waals surface area contributed by atoms with Gasteiger partial charge in [0.15, 0.2) is 0 Å². The highest BCUT2D eigenvalue weighted by Gasteiger charge is 2.39. The highest BCUT2D eigenvalue weighted by Crippen LogP contribution is 2.32. The topological polar surface area (TPSA) is 62.5 Å². The van der Waals surface area contributed by atoms with Crippen LogP contribution in [-0.2, 0) is 19.4 Å². The van der Waals surface area contributed by atoms with Crippen molar-refractivity contribution in [2.45, 2.75) is 51.1 Å². The van der Waals surface area contributed by atoms with Crippen molar-refractivity contribution in [3.05, 3.63) is 47.1 Å². The molecule has 0 saturated carbocycles. The molecule has 27 heavy (non-hydrogen) atoms. The number of pyridine rings is 1. The first-order chi connectivity index (χ1) is 13.3. The molecule has 6 nitrogen and oxygen atoms in total. The highest BCUT2D eigenvalue weighted by atomic mass is 16.5. The Labute approximate surface area is 159 Å². The predicted octanol–water partition coefficient (Wildman–Crippen LogP) is 2.69. The third-order valence-electron chi connectivity index (χ3n) is 6.36. The second kappa shape index (κ2) is 7.08. The van der Waals surface area contributed by atoms with Gasteiger partial charge < -0.3 is 9.42 Å². The standard InChI is InChI=1S/C21H26N4O2/c26-21(20-18-3-1-2-4-19(18)23-27-20)25-13-16-5-6-17(25)14-24(12-16)11-15-7-9-22-10-8-15/h7-10,16-17H,1-6,11-14H2. The first-order valence-electron chi connectivity index (χ1n) is 10.2. The molecule has 3 fully saturated rings. The van der Waals surface area contributed by atoms with E-state index in [1.807, 2.05) is 12.4 Å². The number of aromatic nitrogens is 2. The van der Waals surface area contributed by atoms with Crippen molar-refractivity contribution in [3.8, 4) is 0 Å². The van der Waals surface area contributed by atoms with Gasteiger partial charge in [-0.15, -0.1) is 0 Å². The van der Waals surface area contributed by atoms with E-state index in [2.05, 4.69) is 32.1 Å². The zero-order valence-electron chi connectivity index (χ0n) is 15.6. The van der Waals surface area contributed by atoms with Crippen LogP contribution in [0.3, 0.4) is 0 Å². The number of carbonyl (C=O) groups is 1. The number of piperidine rings is 1. The van der Waals surface area contributed by atoms with Crippen LogP contribution in [0.25, 0.3) is 0 Å². The lowest BCUT2D eigenvalue weighted by atomic mass is 9.93. The lowest BCUT2D eigenvalue weighted by Crippen LogP contribution is -2.47. The quantitative estimate of drug-likeness (QED) is 0.836. The molecule has 2 aromatic rings. The van der Waals surface area contributed by atoms with Crippen molar-refractivity contribution in [2.24, 2.45) is 5.92 Å². The van der Waals surface area contributed by atoms with Crippen LogP contribution < -0.4 is 0 Å². The van der Waals surface area contributed by atoms with Crippen molar-refractivity contribution >= 4 is 5.91 Å². The van der Waals surface area contributed by atoms with Crippen molar-refractivity contribution in [2.75, 3.05) is 19.6 Å². The van der Waals surface area contributed by atoms with E-state index in [-0.39, 0.29) is 11.9 Å². The van der Waals surface area contributed by atoms with E-state index in [1.165, 1.54) is 12.0 Å². The molecule has 2 aromatic heterocycles. The van der Waals surface area contributed by atoms with Gasteiger partial charge in [0.05, 0.1) is 5.69 Å². The molecule has 4 aliphatic rings. The molecular formula is C21H26N4O2. The number of fused-ring (bicyclic) bond motifs is 5. The lowest BCUT2D eigenvalue weighted by Gasteiger charge is -2.35. The van der Waals surface area contributed by atoms with Crippen LogP contribution in [0.15, 0.2) is 29.0 Å². The summed E-state index contributed by atoms with van der Waals surface area (Å²) in [4.78, 5) is 22.0. The third kappa shape index (κ3) is 3.27. The van der Waals surface area contributed by atoms with E-state index in [0.717, 1.165) is 69.5 Å². The molecular weight excluding hydrogens is 340 g/mol. The van der Waals surface area contributed by atoms with E-state index in [9.17, 15) is 4.79 Å². The van der Waals surface area contributed by atoms with Crippen LogP contribution in [-0.4, -0.2) is 51.5 Å². The Balaban J connectivity index is 1.34. The number of rotatable bonds is 3. The van der Waals surface area contributed by atoms with Crippen molar-refractivity contribution < 1.29 is 9.32 Å². The zero-order chi connectivity index (χ0) is 18.2. The molecule has 2 atom stereocenters. The summed E-state index contributed by atoms with van der Waals surface area (Å²) in [7, 11) is 0. The fraction of sp³-hybridized carbons (Fsp3) is 0.571. The van der Waals surface area contributed by atoms with Gasteiger partial charge in [-0.25, -0.2) is 0 Å². The van der Waals surface area contributed by atoms with E-state index >= 15 is 0 Å². The van der Waals surface area contributed by atoms with Crippen LogP contribution >= 0.6 is 0 Å². The van der Waals surface area contributed by atoms with Crippen LogP contribution in [0.1, 0.15) is 53.1 Å². The average Bonchev–Trinajstić information content (AvgIpc) is 2.94. The molecule has 2 bridgehead atoms. The van der Waals surface area contributed by atoms with E-state index in [1.54, 1.807) is 0 Å². The maximum atomic E-state index is 13.3. The summed E-state index contributed by atoms with van der Waals surface area (Å²) in [6.45, 7) is 3.75. The summed E-state index contributed by atoms with van der Waals surface area (Å²) in [6.07, 6.45) is 10.1. The molecule has 1 amide bonds. The number of nitrogens with zero attached hydrogens (tertiary/aromatic N) is 4. The summed E-state index contributed by atoms with van der Waals surface area (Å²) in [5.74, 6) is 1.11. The molecule has 0 N–H and O–H groups in total. The number of amides is 1. The zero-order valence-corrected chi connectivity index (χ0v) is 15.6. The molecule has 2 unspecified atom stereocenters. The summed E-state index contributed by atoms with van der Waals surface area (Å²) in [5.41, 5.74) is 3.36. The highest BCUT2D eigenvalue weighted by molar-refractivity contribution is 5.93. The maximum Gasteiger partial charge on any atom is 0.293 e. The minimum absolute atomic E-state index is 0.0612. The Morgan fingerprint density at radius 1 is 1.11 bits per heavy atom. The molecule has 3 saturated heterocycles. The Hall–Kier alpha value is -2.21. The first kappa shape index (κ1) is 16.9. The van der Waals surface area contributed by atoms with Crippen molar-refractivity contribution in [3.63, 3.8) is 0 Å². The van der Waals surface area contributed by atoms with Gasteiger partial charge in [0, 0.05) is 50.2 Å². The number of aryl methyl sites for hydroxylation is 1. The van der Waals surface area contributed by atoms with E-state index in [0.29, 0.717) is 11.7 Å². The maximum absolute atomic E-state index is 13.3. The number of hydrogen-bond acceptors (Lipinski definition) is 5. The van der Waals surface area contributed by atoms with Crippen molar-refractivity contribution in [1.29, 1.82) is 0 Å². The molecule has 6 heteroatoms. The normalized spacial score (nSPS) is 25.3. The second-order valence-electron chi connectivity index (χ2n) is 8.25. The predicted molar refractivity (Wildman–Crippen MR) is 100 cm³/mol. The third-order valence-corrected chi connectivity index (χ3v) is 6.36. The summed E-state index contributed by atoms with van der Waals surface area (Å²) < 4.78 is 5.54. The van der Waals surface area contributed by atoms with Crippen molar-refractivity contribution in [1.82, 2.24) is 19.9 Å². The molecule has 1 aliphatic carbocycles.